The molecule has 0 bridgehead atoms. The summed E-state index contributed by atoms with van der Waals surface area (Å²) >= 11 is 0. The Balaban J connectivity index is 1.59. The van der Waals surface area contributed by atoms with Crippen LogP contribution >= 0.6 is 0 Å². The molecule has 0 aromatic heterocycles. The second-order valence-corrected chi connectivity index (χ2v) is 10.4. The number of rotatable bonds is 4. The molecule has 0 radical (unpaired) electrons. The van der Waals surface area contributed by atoms with Gasteiger partial charge >= 0.3 is 11.9 Å². The van der Waals surface area contributed by atoms with Gasteiger partial charge in [-0.15, -0.1) is 0 Å². The third-order valence-electron chi connectivity index (χ3n) is 8.10. The standard InChI is InChI=1S/C31H31N3O5/c1-17-15-18(2)23(19(3)16-17)26-24-21-13-9-10-14-22(21)27-25(30(35)37-4)28(31(36)38-5)33(20-11-7-6-8-12-20)34(27)29(24)39-32-26/h6-16,24-25,27-29H,1-5H3/t24-,25-,27-,28-,29+/m1/s1. The summed E-state index contributed by atoms with van der Waals surface area (Å²) in [4.78, 5) is 33.1. The SMILES string of the molecule is COC(=O)[C@@H]1[C@H]2c3ccccc3[C@@H]3C(c4c(C)cc(C)cc4C)=NO[C@@H]3N2N(c2ccccc2)[C@H]1C(=O)OC. The number of methoxy groups -OCH3 is 2. The molecule has 5 atom stereocenters. The van der Waals surface area contributed by atoms with Gasteiger partial charge in [0.25, 0.3) is 0 Å². The van der Waals surface area contributed by atoms with E-state index in [1.165, 1.54) is 19.8 Å². The van der Waals surface area contributed by atoms with Gasteiger partial charge in [0.2, 0.25) is 6.23 Å². The third kappa shape index (κ3) is 3.73. The van der Waals surface area contributed by atoms with Gasteiger partial charge in [-0.1, -0.05) is 65.3 Å². The second-order valence-electron chi connectivity index (χ2n) is 10.4. The van der Waals surface area contributed by atoms with Crippen molar-refractivity contribution in [1.82, 2.24) is 5.01 Å². The number of oxime groups is 1. The Hall–Kier alpha value is -4.17. The summed E-state index contributed by atoms with van der Waals surface area (Å²) in [7, 11) is 2.68. The molecule has 3 aromatic rings. The fourth-order valence-corrected chi connectivity index (χ4v) is 6.73. The number of hydrogen-bond acceptors (Lipinski definition) is 8. The van der Waals surface area contributed by atoms with Crippen molar-refractivity contribution in [3.8, 4) is 0 Å². The van der Waals surface area contributed by atoms with Crippen LogP contribution in [0.3, 0.4) is 0 Å². The fraction of sp³-hybridized carbons (Fsp3) is 0.323. The number of fused-ring (bicyclic) bond motifs is 6. The zero-order chi connectivity index (χ0) is 27.4. The number of aryl methyl sites for hydroxylation is 3. The van der Waals surface area contributed by atoms with Crippen LogP contribution in [0.1, 0.15) is 45.3 Å². The monoisotopic (exact) mass is 525 g/mol. The summed E-state index contributed by atoms with van der Waals surface area (Å²) < 4.78 is 10.5. The van der Waals surface area contributed by atoms with Crippen molar-refractivity contribution in [2.24, 2.45) is 11.1 Å². The lowest BCUT2D eigenvalue weighted by atomic mass is 9.76. The minimum atomic E-state index is -0.961. The van der Waals surface area contributed by atoms with E-state index in [0.29, 0.717) is 0 Å². The number of carbonyl (C=O) groups is 2. The van der Waals surface area contributed by atoms with Gasteiger partial charge < -0.3 is 14.3 Å². The Labute approximate surface area is 227 Å². The molecule has 3 aliphatic rings. The maximum Gasteiger partial charge on any atom is 0.331 e. The Kier molecular flexibility index (Phi) is 6.14. The zero-order valence-electron chi connectivity index (χ0n) is 22.6. The average molecular weight is 526 g/mol. The first-order valence-electron chi connectivity index (χ1n) is 13.1. The third-order valence-corrected chi connectivity index (χ3v) is 8.10. The molecule has 0 N–H and O–H groups in total. The number of para-hydroxylation sites is 1. The van der Waals surface area contributed by atoms with Gasteiger partial charge in [-0.05, 0) is 55.2 Å². The summed E-state index contributed by atoms with van der Waals surface area (Å²) in [5.41, 5.74) is 8.01. The van der Waals surface area contributed by atoms with E-state index in [2.05, 4.69) is 44.1 Å². The van der Waals surface area contributed by atoms with Crippen molar-refractivity contribution in [1.29, 1.82) is 0 Å². The number of hydrazine groups is 1. The first-order chi connectivity index (χ1) is 18.9. The Morgan fingerprint density at radius 3 is 2.10 bits per heavy atom. The molecule has 8 nitrogen and oxygen atoms in total. The van der Waals surface area contributed by atoms with E-state index < -0.39 is 36.2 Å². The molecule has 8 heteroatoms. The highest BCUT2D eigenvalue weighted by Crippen LogP contribution is 2.55. The molecule has 1 saturated heterocycles. The summed E-state index contributed by atoms with van der Waals surface area (Å²) in [5.74, 6) is -2.13. The number of ether oxygens (including phenoxy) is 2. The average Bonchev–Trinajstić information content (AvgIpc) is 3.52. The first kappa shape index (κ1) is 25.1. The maximum absolute atomic E-state index is 13.4. The quantitative estimate of drug-likeness (QED) is 0.462. The largest absolute Gasteiger partial charge is 0.469 e. The lowest BCUT2D eigenvalue weighted by molar-refractivity contribution is -0.153. The summed E-state index contributed by atoms with van der Waals surface area (Å²) in [6.07, 6.45) is -0.595. The van der Waals surface area contributed by atoms with Crippen LogP contribution in [0.25, 0.3) is 0 Å². The number of nitrogens with zero attached hydrogens (tertiary/aromatic N) is 3. The number of carbonyl (C=O) groups excluding carboxylic acids is 2. The minimum Gasteiger partial charge on any atom is -0.469 e. The highest BCUT2D eigenvalue weighted by Gasteiger charge is 2.63. The van der Waals surface area contributed by atoms with Crippen molar-refractivity contribution in [3.05, 3.63) is 100 Å². The normalized spacial score (nSPS) is 25.2. The maximum atomic E-state index is 13.4. The Morgan fingerprint density at radius 1 is 0.846 bits per heavy atom. The molecule has 3 heterocycles. The molecular formula is C31H31N3O5. The highest BCUT2D eigenvalue weighted by atomic mass is 16.7. The van der Waals surface area contributed by atoms with Gasteiger partial charge in [0.1, 0.15) is 11.6 Å². The lowest BCUT2D eigenvalue weighted by Gasteiger charge is -2.44. The van der Waals surface area contributed by atoms with Gasteiger partial charge in [-0.2, -0.15) is 5.01 Å². The predicted molar refractivity (Wildman–Crippen MR) is 146 cm³/mol. The van der Waals surface area contributed by atoms with Crippen LogP contribution in [0.5, 0.6) is 0 Å². The molecule has 39 heavy (non-hydrogen) atoms. The lowest BCUT2D eigenvalue weighted by Crippen LogP contribution is -2.54. The summed E-state index contributed by atoms with van der Waals surface area (Å²) in [6.45, 7) is 6.27. The van der Waals surface area contributed by atoms with Crippen molar-refractivity contribution in [2.75, 3.05) is 19.2 Å². The number of esters is 2. The summed E-state index contributed by atoms with van der Waals surface area (Å²) in [6, 6.07) is 20.4. The van der Waals surface area contributed by atoms with E-state index in [4.69, 9.17) is 14.3 Å². The van der Waals surface area contributed by atoms with E-state index in [1.54, 1.807) is 0 Å². The van der Waals surface area contributed by atoms with Gasteiger partial charge in [0.05, 0.1) is 31.9 Å². The zero-order valence-corrected chi connectivity index (χ0v) is 22.6. The van der Waals surface area contributed by atoms with E-state index >= 15 is 0 Å². The van der Waals surface area contributed by atoms with Crippen LogP contribution in [0.15, 0.2) is 71.9 Å². The molecule has 0 amide bonds. The van der Waals surface area contributed by atoms with E-state index in [9.17, 15) is 9.59 Å². The minimum absolute atomic E-state index is 0.251. The van der Waals surface area contributed by atoms with Crippen LogP contribution in [0.2, 0.25) is 0 Å². The Bertz CT molecular complexity index is 1460. The molecule has 0 saturated carbocycles. The first-order valence-corrected chi connectivity index (χ1v) is 13.1. The van der Waals surface area contributed by atoms with Crippen molar-refractivity contribution >= 4 is 23.3 Å². The van der Waals surface area contributed by atoms with Crippen molar-refractivity contribution in [3.63, 3.8) is 0 Å². The number of benzene rings is 3. The van der Waals surface area contributed by atoms with Crippen molar-refractivity contribution in [2.45, 2.75) is 45.0 Å². The molecule has 3 aromatic carbocycles. The molecule has 0 unspecified atom stereocenters. The highest BCUT2D eigenvalue weighted by molar-refractivity contribution is 6.08. The molecule has 1 fully saturated rings. The second kappa shape index (κ2) is 9.54. The molecule has 0 spiro atoms. The fourth-order valence-electron chi connectivity index (χ4n) is 6.73. The van der Waals surface area contributed by atoms with Crippen LogP contribution in [-0.2, 0) is 23.9 Å². The van der Waals surface area contributed by atoms with Gasteiger partial charge in [0.15, 0.2) is 6.04 Å². The molecular weight excluding hydrogens is 494 g/mol. The summed E-state index contributed by atoms with van der Waals surface area (Å²) in [5, 5.41) is 8.53. The Morgan fingerprint density at radius 2 is 1.46 bits per heavy atom. The van der Waals surface area contributed by atoms with Crippen molar-refractivity contribution < 1.29 is 23.9 Å². The topological polar surface area (TPSA) is 80.7 Å². The molecule has 6 rings (SSSR count). The van der Waals surface area contributed by atoms with Crippen LogP contribution < -0.4 is 5.01 Å². The van der Waals surface area contributed by atoms with E-state index in [-0.39, 0.29) is 5.92 Å². The van der Waals surface area contributed by atoms with Gasteiger partial charge in [0, 0.05) is 5.56 Å². The van der Waals surface area contributed by atoms with Crippen LogP contribution in [0.4, 0.5) is 5.69 Å². The number of anilines is 1. The van der Waals surface area contributed by atoms with Gasteiger partial charge in [-0.3, -0.25) is 9.80 Å². The van der Waals surface area contributed by atoms with Crippen LogP contribution in [0, 0.1) is 26.7 Å². The predicted octanol–water partition coefficient (Wildman–Crippen LogP) is 4.58. The van der Waals surface area contributed by atoms with E-state index in [0.717, 1.165) is 39.2 Å². The van der Waals surface area contributed by atoms with Crippen LogP contribution in [-0.4, -0.2) is 49.1 Å². The smallest absolute Gasteiger partial charge is 0.331 e. The molecule has 3 aliphatic heterocycles. The molecule has 200 valence electrons. The molecule has 0 aliphatic carbocycles. The van der Waals surface area contributed by atoms with Gasteiger partial charge in [-0.25, -0.2) is 4.79 Å². The number of hydrogen-bond donors (Lipinski definition) is 0. The van der Waals surface area contributed by atoms with E-state index in [1.807, 2.05) is 58.5 Å².